The minimum absolute atomic E-state index is 0. The number of aliphatic imine (C=N–C) groups is 1. The normalized spacial score (nSPS) is 16.4. The molecular weight excluding hydrogens is 469 g/mol. The van der Waals surface area contributed by atoms with E-state index in [-0.39, 0.29) is 36.1 Å². The van der Waals surface area contributed by atoms with Crippen molar-refractivity contribution in [3.05, 3.63) is 35.9 Å². The number of nitrogens with two attached hydrogens (primary N) is 1. The van der Waals surface area contributed by atoms with Gasteiger partial charge < -0.3 is 25.6 Å². The molecule has 0 saturated carbocycles. The second kappa shape index (κ2) is 12.8. The molecule has 28 heavy (non-hydrogen) atoms. The number of hydrogen-bond acceptors (Lipinski definition) is 4. The molecule has 0 aliphatic carbocycles. The molecule has 8 heteroatoms. The van der Waals surface area contributed by atoms with E-state index in [1.807, 2.05) is 13.0 Å². The summed E-state index contributed by atoms with van der Waals surface area (Å²) in [4.78, 5) is 20.2. The zero-order valence-corrected chi connectivity index (χ0v) is 19.5. The smallest absolute Gasteiger partial charge is 0.409 e. The van der Waals surface area contributed by atoms with Gasteiger partial charge in [-0.2, -0.15) is 0 Å². The number of guanidine groups is 1. The van der Waals surface area contributed by atoms with Crippen LogP contribution in [-0.4, -0.2) is 74.3 Å². The number of amides is 1. The van der Waals surface area contributed by atoms with Gasteiger partial charge in [0.25, 0.3) is 0 Å². The molecule has 2 rings (SSSR count). The first kappa shape index (κ1) is 24.5. The van der Waals surface area contributed by atoms with E-state index in [2.05, 4.69) is 53.6 Å². The van der Waals surface area contributed by atoms with Gasteiger partial charge in [-0.05, 0) is 45.8 Å². The summed E-state index contributed by atoms with van der Waals surface area (Å²) in [6, 6.07) is 11.0. The third kappa shape index (κ3) is 8.22. The molecule has 0 radical (unpaired) electrons. The van der Waals surface area contributed by atoms with Crippen LogP contribution >= 0.6 is 24.0 Å². The third-order valence-corrected chi connectivity index (χ3v) is 4.89. The van der Waals surface area contributed by atoms with Gasteiger partial charge in [0, 0.05) is 25.2 Å². The minimum Gasteiger partial charge on any atom is -0.450 e. The number of likely N-dealkylation sites (N-methyl/N-ethyl adjacent to an activating group) is 1. The molecule has 1 aliphatic heterocycles. The van der Waals surface area contributed by atoms with Crippen LogP contribution in [0.1, 0.15) is 25.3 Å². The topological polar surface area (TPSA) is 83.2 Å². The molecule has 1 unspecified atom stereocenters. The van der Waals surface area contributed by atoms with E-state index in [1.165, 1.54) is 5.56 Å². The molecule has 1 aromatic rings. The van der Waals surface area contributed by atoms with Crippen LogP contribution < -0.4 is 11.1 Å². The minimum atomic E-state index is -0.229. The lowest BCUT2D eigenvalue weighted by Gasteiger charge is -2.32. The SMILES string of the molecule is CCOC(=O)N1CCC(NC(N)=NCC(Cc2ccccc2)N(C)C)CC1.I. The summed E-state index contributed by atoms with van der Waals surface area (Å²) in [6.07, 6.45) is 2.39. The molecule has 1 atom stereocenters. The number of ether oxygens (including phenoxy) is 1. The molecule has 1 fully saturated rings. The predicted molar refractivity (Wildman–Crippen MR) is 124 cm³/mol. The standard InChI is InChI=1S/C20H33N5O2.HI/c1-4-27-20(26)25-12-10-17(11-13-25)23-19(21)22-15-18(24(2)3)14-16-8-6-5-7-9-16;/h5-9,17-18H,4,10-15H2,1-3H3,(H3,21,22,23);1H. The molecule has 3 N–H and O–H groups in total. The average molecular weight is 503 g/mol. The van der Waals surface area contributed by atoms with E-state index in [0.717, 1.165) is 19.3 Å². The molecule has 158 valence electrons. The fourth-order valence-corrected chi connectivity index (χ4v) is 3.18. The van der Waals surface area contributed by atoms with Crippen molar-refractivity contribution >= 4 is 36.0 Å². The Hall–Kier alpha value is -1.55. The monoisotopic (exact) mass is 503 g/mol. The number of benzene rings is 1. The van der Waals surface area contributed by atoms with Gasteiger partial charge in [-0.15, -0.1) is 24.0 Å². The zero-order valence-electron chi connectivity index (χ0n) is 17.1. The highest BCUT2D eigenvalue weighted by molar-refractivity contribution is 14.0. The summed E-state index contributed by atoms with van der Waals surface area (Å²) in [7, 11) is 4.13. The van der Waals surface area contributed by atoms with Crippen LogP contribution in [-0.2, 0) is 11.2 Å². The number of hydrogen-bond donors (Lipinski definition) is 2. The van der Waals surface area contributed by atoms with Crippen molar-refractivity contribution in [1.82, 2.24) is 15.1 Å². The lowest BCUT2D eigenvalue weighted by Crippen LogP contribution is -2.48. The highest BCUT2D eigenvalue weighted by atomic mass is 127. The fraction of sp³-hybridized carbons (Fsp3) is 0.600. The summed E-state index contributed by atoms with van der Waals surface area (Å²) in [5.74, 6) is 0.476. The Morgan fingerprint density at radius 1 is 1.32 bits per heavy atom. The zero-order chi connectivity index (χ0) is 19.6. The van der Waals surface area contributed by atoms with Gasteiger partial charge >= 0.3 is 6.09 Å². The lowest BCUT2D eigenvalue weighted by atomic mass is 10.1. The van der Waals surface area contributed by atoms with Crippen LogP contribution in [0.5, 0.6) is 0 Å². The van der Waals surface area contributed by atoms with Crippen molar-refractivity contribution in [1.29, 1.82) is 0 Å². The van der Waals surface area contributed by atoms with Gasteiger partial charge in [0.2, 0.25) is 0 Å². The molecule has 0 bridgehead atoms. The fourth-order valence-electron chi connectivity index (χ4n) is 3.18. The van der Waals surface area contributed by atoms with Crippen LogP contribution in [0.3, 0.4) is 0 Å². The van der Waals surface area contributed by atoms with Gasteiger partial charge in [-0.1, -0.05) is 30.3 Å². The van der Waals surface area contributed by atoms with Gasteiger partial charge in [-0.3, -0.25) is 4.99 Å². The van der Waals surface area contributed by atoms with E-state index in [0.29, 0.717) is 38.2 Å². The number of nitrogens with one attached hydrogen (secondary N) is 1. The third-order valence-electron chi connectivity index (χ3n) is 4.89. The first-order valence-corrected chi connectivity index (χ1v) is 9.68. The average Bonchev–Trinajstić information content (AvgIpc) is 2.66. The van der Waals surface area contributed by atoms with Crippen molar-refractivity contribution in [2.75, 3.05) is 40.3 Å². The number of likely N-dealkylation sites (tertiary alicyclic amines) is 1. The highest BCUT2D eigenvalue weighted by Gasteiger charge is 2.23. The second-order valence-electron chi connectivity index (χ2n) is 7.14. The molecule has 0 aromatic heterocycles. The number of halogens is 1. The predicted octanol–water partition coefficient (Wildman–Crippen LogP) is 2.30. The Morgan fingerprint density at radius 2 is 1.96 bits per heavy atom. The number of carbonyl (C=O) groups excluding carboxylic acids is 1. The molecule has 1 heterocycles. The number of rotatable bonds is 7. The Labute approximate surface area is 185 Å². The summed E-state index contributed by atoms with van der Waals surface area (Å²) >= 11 is 0. The molecule has 7 nitrogen and oxygen atoms in total. The van der Waals surface area contributed by atoms with Crippen molar-refractivity contribution in [3.63, 3.8) is 0 Å². The Balaban J connectivity index is 0.00000392. The second-order valence-corrected chi connectivity index (χ2v) is 7.14. The molecule has 1 saturated heterocycles. The highest BCUT2D eigenvalue weighted by Crippen LogP contribution is 2.11. The van der Waals surface area contributed by atoms with E-state index >= 15 is 0 Å². The van der Waals surface area contributed by atoms with Crippen LogP contribution in [0.4, 0.5) is 4.79 Å². The van der Waals surface area contributed by atoms with E-state index < -0.39 is 0 Å². The first-order chi connectivity index (χ1) is 13.0. The maximum atomic E-state index is 11.7. The van der Waals surface area contributed by atoms with E-state index in [4.69, 9.17) is 10.5 Å². The van der Waals surface area contributed by atoms with Crippen LogP contribution in [0.15, 0.2) is 35.3 Å². The molecular formula is C20H34IN5O2. The van der Waals surface area contributed by atoms with Crippen LogP contribution in [0, 0.1) is 0 Å². The van der Waals surface area contributed by atoms with Crippen molar-refractivity contribution in [2.24, 2.45) is 10.7 Å². The Bertz CT molecular complexity index is 604. The summed E-state index contributed by atoms with van der Waals surface area (Å²) in [5.41, 5.74) is 7.40. The van der Waals surface area contributed by atoms with Crippen molar-refractivity contribution in [2.45, 2.75) is 38.3 Å². The van der Waals surface area contributed by atoms with E-state index in [9.17, 15) is 4.79 Å². The number of piperidine rings is 1. The summed E-state index contributed by atoms with van der Waals surface area (Å²) in [6.45, 7) is 4.23. The van der Waals surface area contributed by atoms with Crippen LogP contribution in [0.2, 0.25) is 0 Å². The molecule has 1 aromatic carbocycles. The summed E-state index contributed by atoms with van der Waals surface area (Å²) in [5, 5.41) is 3.30. The quantitative estimate of drug-likeness (QED) is 0.339. The first-order valence-electron chi connectivity index (χ1n) is 9.68. The Morgan fingerprint density at radius 3 is 2.54 bits per heavy atom. The summed E-state index contributed by atoms with van der Waals surface area (Å²) < 4.78 is 5.05. The maximum Gasteiger partial charge on any atom is 0.409 e. The van der Waals surface area contributed by atoms with Gasteiger partial charge in [0.1, 0.15) is 0 Å². The lowest BCUT2D eigenvalue weighted by molar-refractivity contribution is 0.0963. The van der Waals surface area contributed by atoms with Crippen molar-refractivity contribution in [3.8, 4) is 0 Å². The van der Waals surface area contributed by atoms with Gasteiger partial charge in [-0.25, -0.2) is 4.79 Å². The molecule has 1 aliphatic rings. The molecule has 0 spiro atoms. The number of nitrogens with zero attached hydrogens (tertiary/aromatic N) is 3. The molecule has 1 amide bonds. The van der Waals surface area contributed by atoms with E-state index in [1.54, 1.807) is 4.90 Å². The van der Waals surface area contributed by atoms with Gasteiger partial charge in [0.15, 0.2) is 5.96 Å². The van der Waals surface area contributed by atoms with Gasteiger partial charge in [0.05, 0.1) is 13.2 Å². The largest absolute Gasteiger partial charge is 0.450 e. The number of carbonyl (C=O) groups is 1. The maximum absolute atomic E-state index is 11.7. The Kier molecular flexibility index (Phi) is 11.2. The van der Waals surface area contributed by atoms with Crippen LogP contribution in [0.25, 0.3) is 0 Å². The van der Waals surface area contributed by atoms with Crippen molar-refractivity contribution < 1.29 is 9.53 Å².